The van der Waals surface area contributed by atoms with Gasteiger partial charge in [-0.3, -0.25) is 0 Å². The summed E-state index contributed by atoms with van der Waals surface area (Å²) in [6.45, 7) is 3.19. The minimum Gasteiger partial charge on any atom is -0.304 e. The highest BCUT2D eigenvalue weighted by molar-refractivity contribution is 7.88. The van der Waals surface area contributed by atoms with Gasteiger partial charge in [0.25, 0.3) is 0 Å². The molecule has 3 nitrogen and oxygen atoms in total. The Morgan fingerprint density at radius 2 is 2.44 bits per heavy atom. The van der Waals surface area contributed by atoms with Crippen LogP contribution < -0.4 is 11.2 Å². The maximum atomic E-state index is 5.12. The first-order valence-electron chi connectivity index (χ1n) is 2.68. The lowest BCUT2D eigenvalue weighted by molar-refractivity contribution is 0.759. The fraction of sp³-hybridized carbons (Fsp3) is 1.00. The first kappa shape index (κ1) is 9.36. The third kappa shape index (κ3) is 2.21. The van der Waals surface area contributed by atoms with Gasteiger partial charge in [0.2, 0.25) is 0 Å². The quantitative estimate of drug-likeness (QED) is 0.397. The summed E-state index contributed by atoms with van der Waals surface area (Å²) >= 11 is 0. The molecule has 1 aliphatic heterocycles. The molecule has 1 rings (SSSR count). The smallest absolute Gasteiger partial charge is 0.0628 e. The Morgan fingerprint density at radius 3 is 2.67 bits per heavy atom. The Kier molecular flexibility index (Phi) is 4.39. The lowest BCUT2D eigenvalue weighted by Crippen LogP contribution is -2.19. The van der Waals surface area contributed by atoms with Crippen LogP contribution in [0.5, 0.6) is 0 Å². The zero-order valence-electron chi connectivity index (χ0n) is 5.33. The molecule has 1 aliphatic rings. The standard InChI is InChI=1S/C4H11N3S.ClH/c1-4-6-2-3-8(4)7-5;/h4,6H,2-3,5H2,1H3;1H. The van der Waals surface area contributed by atoms with Crippen LogP contribution in [0.4, 0.5) is 0 Å². The van der Waals surface area contributed by atoms with Crippen molar-refractivity contribution in [3.63, 3.8) is 0 Å². The summed E-state index contributed by atoms with van der Waals surface area (Å²) in [4.78, 5) is 0. The molecule has 0 bridgehead atoms. The van der Waals surface area contributed by atoms with Gasteiger partial charge in [0.05, 0.1) is 5.37 Å². The Morgan fingerprint density at radius 1 is 1.78 bits per heavy atom. The second-order valence-corrected chi connectivity index (χ2v) is 3.94. The van der Waals surface area contributed by atoms with E-state index in [4.69, 9.17) is 5.84 Å². The van der Waals surface area contributed by atoms with Crippen molar-refractivity contribution in [2.24, 2.45) is 10.3 Å². The average molecular weight is 170 g/mol. The Hall–Kier alpha value is 0.360. The van der Waals surface area contributed by atoms with Gasteiger partial charge < -0.3 is 5.32 Å². The van der Waals surface area contributed by atoms with E-state index in [9.17, 15) is 0 Å². The van der Waals surface area contributed by atoms with Gasteiger partial charge >= 0.3 is 0 Å². The summed E-state index contributed by atoms with van der Waals surface area (Å²) in [5.74, 6) is 6.24. The Bertz CT molecular complexity index is 116. The number of hydrogen-bond donors (Lipinski definition) is 2. The van der Waals surface area contributed by atoms with E-state index in [2.05, 4.69) is 16.7 Å². The van der Waals surface area contributed by atoms with Crippen LogP contribution in [0.2, 0.25) is 0 Å². The summed E-state index contributed by atoms with van der Waals surface area (Å²) in [6.07, 6.45) is 0. The normalized spacial score (nSPS) is 34.4. The molecule has 0 aromatic rings. The van der Waals surface area contributed by atoms with Crippen LogP contribution in [0, 0.1) is 0 Å². The second kappa shape index (κ2) is 4.22. The van der Waals surface area contributed by atoms with Crippen molar-refractivity contribution < 1.29 is 0 Å². The van der Waals surface area contributed by atoms with E-state index in [0.29, 0.717) is 5.37 Å². The maximum Gasteiger partial charge on any atom is 0.0628 e. The van der Waals surface area contributed by atoms with E-state index in [1.54, 1.807) is 0 Å². The first-order chi connectivity index (χ1) is 3.84. The highest BCUT2D eigenvalue weighted by Gasteiger charge is 2.13. The van der Waals surface area contributed by atoms with E-state index in [1.807, 2.05) is 0 Å². The Labute approximate surface area is 63.9 Å². The Balaban J connectivity index is 0.000000640. The number of nitrogens with zero attached hydrogens (tertiary/aromatic N) is 1. The molecular weight excluding hydrogens is 158 g/mol. The number of halogens is 1. The van der Waals surface area contributed by atoms with Gasteiger partial charge in [-0.15, -0.1) is 12.4 Å². The molecule has 1 heterocycles. The molecule has 5 heteroatoms. The van der Waals surface area contributed by atoms with Gasteiger partial charge in [0.15, 0.2) is 0 Å². The van der Waals surface area contributed by atoms with Crippen molar-refractivity contribution in [3.05, 3.63) is 0 Å². The molecule has 0 saturated carbocycles. The van der Waals surface area contributed by atoms with Gasteiger partial charge in [-0.1, -0.05) is 10.7 Å². The largest absolute Gasteiger partial charge is 0.304 e. The van der Waals surface area contributed by atoms with Crippen molar-refractivity contribution in [2.75, 3.05) is 12.3 Å². The zero-order valence-corrected chi connectivity index (χ0v) is 6.97. The molecule has 3 N–H and O–H groups in total. The predicted octanol–water partition coefficient (Wildman–Crippen LogP) is 0.0330. The molecule has 1 saturated heterocycles. The molecule has 0 radical (unpaired) electrons. The monoisotopic (exact) mass is 169 g/mol. The molecule has 2 unspecified atom stereocenters. The first-order valence-corrected chi connectivity index (χ1v) is 4.10. The van der Waals surface area contributed by atoms with Gasteiger partial charge in [-0.25, -0.2) is 5.84 Å². The minimum absolute atomic E-state index is 0. The molecular formula is C4H12ClN3S. The molecule has 0 aromatic heterocycles. The minimum atomic E-state index is 0. The zero-order chi connectivity index (χ0) is 5.98. The summed E-state index contributed by atoms with van der Waals surface area (Å²) < 4.78 is 3.73. The van der Waals surface area contributed by atoms with E-state index in [1.165, 1.54) is 0 Å². The highest BCUT2D eigenvalue weighted by Crippen LogP contribution is 2.00. The fourth-order valence-corrected chi connectivity index (χ4v) is 2.06. The van der Waals surface area contributed by atoms with Crippen LogP contribution in [0.15, 0.2) is 4.47 Å². The van der Waals surface area contributed by atoms with Crippen molar-refractivity contribution >= 4 is 23.1 Å². The van der Waals surface area contributed by atoms with Crippen molar-refractivity contribution in [3.8, 4) is 0 Å². The summed E-state index contributed by atoms with van der Waals surface area (Å²) in [7, 11) is 0.113. The van der Waals surface area contributed by atoms with Crippen LogP contribution in [-0.4, -0.2) is 17.7 Å². The van der Waals surface area contributed by atoms with Crippen LogP contribution in [0.1, 0.15) is 6.92 Å². The average Bonchev–Trinajstić information content (AvgIpc) is 2.14. The molecule has 9 heavy (non-hydrogen) atoms. The highest BCUT2D eigenvalue weighted by atomic mass is 35.5. The molecule has 0 aromatic carbocycles. The second-order valence-electron chi connectivity index (χ2n) is 1.81. The maximum absolute atomic E-state index is 5.12. The number of hydrogen-bond acceptors (Lipinski definition) is 2. The van der Waals surface area contributed by atoms with Crippen molar-refractivity contribution in [1.29, 1.82) is 0 Å². The van der Waals surface area contributed by atoms with Gasteiger partial charge in [0.1, 0.15) is 0 Å². The van der Waals surface area contributed by atoms with Crippen molar-refractivity contribution in [1.82, 2.24) is 5.32 Å². The van der Waals surface area contributed by atoms with E-state index >= 15 is 0 Å². The molecule has 56 valence electrons. The fourth-order valence-electron chi connectivity index (χ4n) is 0.784. The van der Waals surface area contributed by atoms with Gasteiger partial charge in [0, 0.05) is 12.3 Å². The van der Waals surface area contributed by atoms with Crippen LogP contribution in [-0.2, 0) is 10.7 Å². The molecule has 2 atom stereocenters. The SMILES string of the molecule is CC1NCC/S1=N\N.Cl. The van der Waals surface area contributed by atoms with Crippen LogP contribution in [0.3, 0.4) is 0 Å². The third-order valence-corrected chi connectivity index (χ3v) is 3.16. The molecule has 0 amide bonds. The van der Waals surface area contributed by atoms with Crippen LogP contribution >= 0.6 is 12.4 Å². The lowest BCUT2D eigenvalue weighted by Gasteiger charge is -2.00. The molecule has 1 fully saturated rings. The third-order valence-electron chi connectivity index (χ3n) is 1.29. The summed E-state index contributed by atoms with van der Waals surface area (Å²) in [5.41, 5.74) is 0. The van der Waals surface area contributed by atoms with Gasteiger partial charge in [-0.05, 0) is 6.92 Å². The lowest BCUT2D eigenvalue weighted by atomic mass is 10.7. The van der Waals surface area contributed by atoms with E-state index in [-0.39, 0.29) is 23.1 Å². The molecule has 0 aliphatic carbocycles. The molecule has 0 spiro atoms. The number of nitrogens with two attached hydrogens (primary N) is 1. The van der Waals surface area contributed by atoms with E-state index in [0.717, 1.165) is 12.3 Å². The number of nitrogens with one attached hydrogen (secondary N) is 1. The number of rotatable bonds is 0. The van der Waals surface area contributed by atoms with Crippen molar-refractivity contribution in [2.45, 2.75) is 12.3 Å². The predicted molar refractivity (Wildman–Crippen MR) is 43.6 cm³/mol. The topological polar surface area (TPSA) is 50.4 Å². The summed E-state index contributed by atoms with van der Waals surface area (Å²) in [6, 6.07) is 0. The summed E-state index contributed by atoms with van der Waals surface area (Å²) in [5, 5.41) is 3.77. The van der Waals surface area contributed by atoms with Gasteiger partial charge in [-0.2, -0.15) is 4.47 Å². The van der Waals surface area contributed by atoms with E-state index < -0.39 is 0 Å². The van der Waals surface area contributed by atoms with Crippen LogP contribution in [0.25, 0.3) is 0 Å².